The maximum absolute atomic E-state index is 9.61. The third kappa shape index (κ3) is 2.10. The van der Waals surface area contributed by atoms with Crippen LogP contribution in [-0.4, -0.2) is 5.11 Å². The van der Waals surface area contributed by atoms with E-state index in [2.05, 4.69) is 6.07 Å². The maximum atomic E-state index is 9.61. The van der Waals surface area contributed by atoms with Gasteiger partial charge in [-0.25, -0.2) is 0 Å². The van der Waals surface area contributed by atoms with E-state index in [0.29, 0.717) is 17.9 Å². The molecule has 0 amide bonds. The van der Waals surface area contributed by atoms with Crippen molar-refractivity contribution in [2.75, 3.05) is 5.73 Å². The van der Waals surface area contributed by atoms with Gasteiger partial charge in [-0.15, -0.1) is 0 Å². The molecule has 2 aromatic rings. The largest absolute Gasteiger partial charge is 0.508 e. The molecule has 0 saturated heterocycles. The van der Waals surface area contributed by atoms with Gasteiger partial charge >= 0.3 is 0 Å². The van der Waals surface area contributed by atoms with Crippen molar-refractivity contribution >= 4 is 5.69 Å². The highest BCUT2D eigenvalue weighted by atomic mass is 16.3. The predicted molar refractivity (Wildman–Crippen MR) is 60.6 cm³/mol. The lowest BCUT2D eigenvalue weighted by Gasteiger charge is -2.06. The maximum Gasteiger partial charge on any atom is 0.119 e. The minimum atomic E-state index is 0.310. The molecule has 3 N–H and O–H groups in total. The van der Waals surface area contributed by atoms with Crippen LogP contribution in [0.15, 0.2) is 42.5 Å². The van der Waals surface area contributed by atoms with Gasteiger partial charge in [0.25, 0.3) is 0 Å². The van der Waals surface area contributed by atoms with E-state index in [1.807, 2.05) is 24.3 Å². The minimum absolute atomic E-state index is 0.310. The highest BCUT2D eigenvalue weighted by Gasteiger charge is 2.03. The Kier molecular flexibility index (Phi) is 2.59. The number of phenolic OH excluding ortho intramolecular Hbond substituents is 1. The number of phenols is 1. The Labute approximate surface area is 89.0 Å². The van der Waals surface area contributed by atoms with Gasteiger partial charge in [0.1, 0.15) is 5.75 Å². The van der Waals surface area contributed by atoms with Crippen molar-refractivity contribution < 1.29 is 5.11 Å². The molecule has 0 aliphatic heterocycles. The summed E-state index contributed by atoms with van der Waals surface area (Å²) in [4.78, 5) is 0. The topological polar surface area (TPSA) is 46.2 Å². The summed E-state index contributed by atoms with van der Waals surface area (Å²) in [7, 11) is 0. The highest BCUT2D eigenvalue weighted by Crippen LogP contribution is 2.22. The first-order chi connectivity index (χ1) is 7.27. The molecule has 0 bridgehead atoms. The molecule has 0 saturated carbocycles. The summed E-state index contributed by atoms with van der Waals surface area (Å²) in [5.41, 5.74) is 8.41. The summed E-state index contributed by atoms with van der Waals surface area (Å²) in [6, 6.07) is 15.7. The van der Waals surface area contributed by atoms with Crippen LogP contribution in [-0.2, 0) is 6.42 Å². The second-order valence-electron chi connectivity index (χ2n) is 3.43. The molecule has 2 aromatic carbocycles. The van der Waals surface area contributed by atoms with Gasteiger partial charge in [0.2, 0.25) is 0 Å². The average molecular weight is 198 g/mol. The Morgan fingerprint density at radius 3 is 2.67 bits per heavy atom. The van der Waals surface area contributed by atoms with E-state index in [1.54, 1.807) is 18.2 Å². The van der Waals surface area contributed by atoms with Gasteiger partial charge in [-0.1, -0.05) is 30.3 Å². The van der Waals surface area contributed by atoms with Crippen LogP contribution in [0.5, 0.6) is 5.75 Å². The van der Waals surface area contributed by atoms with E-state index in [1.165, 1.54) is 0 Å². The first-order valence-electron chi connectivity index (χ1n) is 4.78. The zero-order chi connectivity index (χ0) is 10.7. The number of rotatable bonds is 2. The Morgan fingerprint density at radius 2 is 1.93 bits per heavy atom. The summed E-state index contributed by atoms with van der Waals surface area (Å²) < 4.78 is 0. The average Bonchev–Trinajstić information content (AvgIpc) is 2.24. The highest BCUT2D eigenvalue weighted by molar-refractivity contribution is 5.49. The van der Waals surface area contributed by atoms with Crippen LogP contribution in [0.4, 0.5) is 5.69 Å². The first kappa shape index (κ1) is 9.59. The molecular formula is C13H12NO. The number of hydrogen-bond donors (Lipinski definition) is 2. The van der Waals surface area contributed by atoms with Crippen LogP contribution in [0.1, 0.15) is 11.1 Å². The summed E-state index contributed by atoms with van der Waals surface area (Å²) in [6.45, 7) is 0. The molecule has 0 heterocycles. The Morgan fingerprint density at radius 1 is 1.13 bits per heavy atom. The quantitative estimate of drug-likeness (QED) is 0.728. The van der Waals surface area contributed by atoms with E-state index in [4.69, 9.17) is 5.73 Å². The van der Waals surface area contributed by atoms with Crippen LogP contribution in [0.2, 0.25) is 0 Å². The number of aromatic hydroxyl groups is 1. The molecular weight excluding hydrogens is 186 g/mol. The fraction of sp³-hybridized carbons (Fsp3) is 0.0769. The van der Waals surface area contributed by atoms with Gasteiger partial charge in [0.05, 0.1) is 0 Å². The van der Waals surface area contributed by atoms with Gasteiger partial charge in [0, 0.05) is 12.1 Å². The predicted octanol–water partition coefficient (Wildman–Crippen LogP) is 2.37. The molecule has 15 heavy (non-hydrogen) atoms. The fourth-order valence-corrected chi connectivity index (χ4v) is 1.50. The number of hydrogen-bond acceptors (Lipinski definition) is 2. The van der Waals surface area contributed by atoms with Crippen LogP contribution < -0.4 is 5.73 Å². The monoisotopic (exact) mass is 198 g/mol. The molecule has 0 aliphatic rings. The SMILES string of the molecule is Nc1c[c]ccc1Cc1ccccc1O. The van der Waals surface area contributed by atoms with Crippen LogP contribution in [0.3, 0.4) is 0 Å². The molecule has 0 aromatic heterocycles. The Bertz CT molecular complexity index is 422. The number of benzene rings is 2. The summed E-state index contributed by atoms with van der Waals surface area (Å²) in [6.07, 6.45) is 0.646. The van der Waals surface area contributed by atoms with E-state index < -0.39 is 0 Å². The van der Waals surface area contributed by atoms with Crippen molar-refractivity contribution in [3.8, 4) is 5.75 Å². The molecule has 1 radical (unpaired) electrons. The second kappa shape index (κ2) is 4.05. The molecule has 2 nitrogen and oxygen atoms in total. The molecule has 0 unspecified atom stereocenters. The summed E-state index contributed by atoms with van der Waals surface area (Å²) in [5.74, 6) is 0.310. The molecule has 2 rings (SSSR count). The third-order valence-electron chi connectivity index (χ3n) is 2.36. The van der Waals surface area contributed by atoms with Gasteiger partial charge in [-0.2, -0.15) is 0 Å². The van der Waals surface area contributed by atoms with E-state index >= 15 is 0 Å². The van der Waals surface area contributed by atoms with Crippen molar-refractivity contribution in [2.45, 2.75) is 6.42 Å². The molecule has 0 aliphatic carbocycles. The molecule has 75 valence electrons. The zero-order valence-electron chi connectivity index (χ0n) is 8.27. The molecule has 0 fully saturated rings. The van der Waals surface area contributed by atoms with Crippen LogP contribution >= 0.6 is 0 Å². The van der Waals surface area contributed by atoms with Gasteiger partial charge in [0.15, 0.2) is 0 Å². The van der Waals surface area contributed by atoms with Crippen molar-refractivity contribution in [3.63, 3.8) is 0 Å². The van der Waals surface area contributed by atoms with Crippen molar-refractivity contribution in [1.29, 1.82) is 0 Å². The van der Waals surface area contributed by atoms with Crippen molar-refractivity contribution in [1.82, 2.24) is 0 Å². The lowest BCUT2D eigenvalue weighted by molar-refractivity contribution is 0.469. The van der Waals surface area contributed by atoms with E-state index in [0.717, 1.165) is 11.1 Å². The normalized spacial score (nSPS) is 10.1. The van der Waals surface area contributed by atoms with Gasteiger partial charge in [-0.3, -0.25) is 0 Å². The number of para-hydroxylation sites is 1. The molecule has 2 heteroatoms. The first-order valence-corrected chi connectivity index (χ1v) is 4.78. The van der Waals surface area contributed by atoms with Crippen LogP contribution in [0.25, 0.3) is 0 Å². The number of anilines is 1. The third-order valence-corrected chi connectivity index (χ3v) is 2.36. The fourth-order valence-electron chi connectivity index (χ4n) is 1.50. The molecule has 0 atom stereocenters. The lowest BCUT2D eigenvalue weighted by Crippen LogP contribution is -1.95. The van der Waals surface area contributed by atoms with Crippen molar-refractivity contribution in [3.05, 3.63) is 59.7 Å². The number of nitrogen functional groups attached to an aromatic ring is 1. The van der Waals surface area contributed by atoms with E-state index in [-0.39, 0.29) is 0 Å². The summed E-state index contributed by atoms with van der Waals surface area (Å²) in [5, 5.41) is 9.61. The van der Waals surface area contributed by atoms with Crippen molar-refractivity contribution in [2.24, 2.45) is 0 Å². The Balaban J connectivity index is 2.30. The zero-order valence-corrected chi connectivity index (χ0v) is 8.27. The van der Waals surface area contributed by atoms with Gasteiger partial charge < -0.3 is 10.8 Å². The van der Waals surface area contributed by atoms with Crippen LogP contribution in [0, 0.1) is 6.07 Å². The standard InChI is InChI=1S/C13H12NO/c14-12-7-3-1-5-10(12)9-11-6-2-4-8-13(11)15/h1-2,4-8,15H,9,14H2. The second-order valence-corrected chi connectivity index (χ2v) is 3.43. The Hall–Kier alpha value is -1.96. The van der Waals surface area contributed by atoms with Gasteiger partial charge in [-0.05, 0) is 29.3 Å². The lowest BCUT2D eigenvalue weighted by atomic mass is 10.0. The van der Waals surface area contributed by atoms with E-state index in [9.17, 15) is 5.11 Å². The minimum Gasteiger partial charge on any atom is -0.508 e. The summed E-state index contributed by atoms with van der Waals surface area (Å²) >= 11 is 0. The smallest absolute Gasteiger partial charge is 0.119 e. The molecule has 0 spiro atoms. The number of nitrogens with two attached hydrogens (primary N) is 1.